The summed E-state index contributed by atoms with van der Waals surface area (Å²) in [6.45, 7) is 5.37. The van der Waals surface area contributed by atoms with Crippen molar-refractivity contribution in [3.63, 3.8) is 0 Å². The molecule has 0 bridgehead atoms. The number of aliphatic carboxylic acids is 1. The van der Waals surface area contributed by atoms with Crippen molar-refractivity contribution >= 4 is 34.2 Å². The molecular formula is C33H38N2O4. The van der Waals surface area contributed by atoms with Crippen molar-refractivity contribution in [1.82, 2.24) is 4.90 Å². The summed E-state index contributed by atoms with van der Waals surface area (Å²) in [4.78, 5) is 40.9. The summed E-state index contributed by atoms with van der Waals surface area (Å²) >= 11 is 0. The zero-order chi connectivity index (χ0) is 27.6. The van der Waals surface area contributed by atoms with Crippen LogP contribution in [0.4, 0.5) is 5.69 Å². The minimum atomic E-state index is -0.951. The lowest BCUT2D eigenvalue weighted by molar-refractivity contribution is -0.137. The number of carboxylic acid groups (broad SMARTS) is 1. The van der Waals surface area contributed by atoms with Crippen molar-refractivity contribution < 1.29 is 19.5 Å². The standard InChI is InChI=1S/C33H38N2O4/c1-22-18-23(2)31(28(19-22)32(39)35-16-14-33(15-17-35)12-5-6-13-33)34-29(36)20-25(21-30(37)38)27-11-7-9-24-8-3-4-10-26(24)27/h3-4,7-11,18-19,25H,5-6,12-17,20-21H2,1-2H3,(H,34,36)(H,37,38)/t25-/m1/s1. The molecule has 2 amide bonds. The molecule has 6 heteroatoms. The number of nitrogens with zero attached hydrogens (tertiary/aromatic N) is 1. The lowest BCUT2D eigenvalue weighted by atomic mass is 9.77. The number of piperidine rings is 1. The van der Waals surface area contributed by atoms with Gasteiger partial charge in [-0.25, -0.2) is 0 Å². The van der Waals surface area contributed by atoms with E-state index in [1.165, 1.54) is 25.7 Å². The molecule has 6 nitrogen and oxygen atoms in total. The molecule has 0 unspecified atom stereocenters. The Kier molecular flexibility index (Phi) is 7.74. The van der Waals surface area contributed by atoms with Crippen molar-refractivity contribution in [2.75, 3.05) is 18.4 Å². The Balaban J connectivity index is 1.37. The molecule has 1 aliphatic carbocycles. The van der Waals surface area contributed by atoms with Gasteiger partial charge in [-0.3, -0.25) is 14.4 Å². The van der Waals surface area contributed by atoms with E-state index in [0.29, 0.717) is 16.7 Å². The zero-order valence-electron chi connectivity index (χ0n) is 23.0. The number of hydrogen-bond acceptors (Lipinski definition) is 3. The highest BCUT2D eigenvalue weighted by atomic mass is 16.4. The Morgan fingerprint density at radius 2 is 1.62 bits per heavy atom. The summed E-state index contributed by atoms with van der Waals surface area (Å²) in [7, 11) is 0. The molecule has 1 atom stereocenters. The summed E-state index contributed by atoms with van der Waals surface area (Å²) in [5.74, 6) is -1.78. The third-order valence-corrected chi connectivity index (χ3v) is 8.87. The second-order valence-electron chi connectivity index (χ2n) is 11.6. The highest BCUT2D eigenvalue weighted by Gasteiger charge is 2.38. The molecule has 204 valence electrons. The van der Waals surface area contributed by atoms with Crippen LogP contribution in [0.25, 0.3) is 10.8 Å². The van der Waals surface area contributed by atoms with E-state index in [1.807, 2.05) is 73.3 Å². The van der Waals surface area contributed by atoms with Gasteiger partial charge >= 0.3 is 5.97 Å². The smallest absolute Gasteiger partial charge is 0.303 e. The Morgan fingerprint density at radius 3 is 2.33 bits per heavy atom. The van der Waals surface area contributed by atoms with Gasteiger partial charge in [0.25, 0.3) is 5.91 Å². The second-order valence-corrected chi connectivity index (χ2v) is 11.6. The molecule has 3 aromatic carbocycles. The number of anilines is 1. The van der Waals surface area contributed by atoms with Crippen molar-refractivity contribution in [3.05, 3.63) is 76.9 Å². The Morgan fingerprint density at radius 1 is 0.923 bits per heavy atom. The first-order chi connectivity index (χ1) is 18.7. The van der Waals surface area contributed by atoms with Crippen LogP contribution in [-0.2, 0) is 9.59 Å². The predicted octanol–water partition coefficient (Wildman–Crippen LogP) is 6.84. The Hall–Kier alpha value is -3.67. The lowest BCUT2D eigenvalue weighted by Crippen LogP contribution is -2.42. The summed E-state index contributed by atoms with van der Waals surface area (Å²) in [5, 5.41) is 14.6. The molecule has 0 radical (unpaired) electrons. The molecular weight excluding hydrogens is 488 g/mol. The first-order valence-electron chi connectivity index (χ1n) is 14.1. The number of benzene rings is 3. The average Bonchev–Trinajstić information content (AvgIpc) is 3.37. The molecule has 1 aliphatic heterocycles. The molecule has 1 saturated carbocycles. The molecule has 0 aromatic heterocycles. The number of likely N-dealkylation sites (tertiary alicyclic amines) is 1. The fourth-order valence-corrected chi connectivity index (χ4v) is 6.81. The van der Waals surface area contributed by atoms with Crippen LogP contribution < -0.4 is 5.32 Å². The number of carbonyl (C=O) groups excluding carboxylic acids is 2. The van der Waals surface area contributed by atoms with Crippen LogP contribution in [0.2, 0.25) is 0 Å². The van der Waals surface area contributed by atoms with Gasteiger partial charge in [-0.05, 0) is 78.5 Å². The van der Waals surface area contributed by atoms with Crippen LogP contribution in [0.3, 0.4) is 0 Å². The fourth-order valence-electron chi connectivity index (χ4n) is 6.81. The van der Waals surface area contributed by atoms with E-state index in [2.05, 4.69) is 5.32 Å². The maximum Gasteiger partial charge on any atom is 0.303 e. The van der Waals surface area contributed by atoms with Gasteiger partial charge in [0.15, 0.2) is 0 Å². The first-order valence-corrected chi connectivity index (χ1v) is 14.1. The number of amides is 2. The first kappa shape index (κ1) is 26.9. The number of fused-ring (bicyclic) bond motifs is 1. The number of carboxylic acids is 1. The molecule has 39 heavy (non-hydrogen) atoms. The van der Waals surface area contributed by atoms with Gasteiger partial charge < -0.3 is 15.3 Å². The monoisotopic (exact) mass is 526 g/mol. The lowest BCUT2D eigenvalue weighted by Gasteiger charge is -2.39. The van der Waals surface area contributed by atoms with Gasteiger partial charge in [-0.1, -0.05) is 61.4 Å². The Bertz CT molecular complexity index is 1390. The molecule has 1 saturated heterocycles. The van der Waals surface area contributed by atoms with Crippen molar-refractivity contribution in [2.24, 2.45) is 5.41 Å². The second kappa shape index (κ2) is 11.2. The van der Waals surface area contributed by atoms with Crippen LogP contribution in [0.1, 0.15) is 84.3 Å². The number of nitrogens with one attached hydrogen (secondary N) is 1. The van der Waals surface area contributed by atoms with Crippen molar-refractivity contribution in [3.8, 4) is 0 Å². The predicted molar refractivity (Wildman–Crippen MR) is 154 cm³/mol. The van der Waals surface area contributed by atoms with Gasteiger partial charge in [0, 0.05) is 25.4 Å². The van der Waals surface area contributed by atoms with E-state index in [1.54, 1.807) is 0 Å². The Labute approximate surface area is 230 Å². The third kappa shape index (κ3) is 5.85. The molecule has 3 aromatic rings. The number of carbonyl (C=O) groups is 3. The number of rotatable bonds is 7. The zero-order valence-corrected chi connectivity index (χ0v) is 23.0. The van der Waals surface area contributed by atoms with Gasteiger partial charge in [-0.15, -0.1) is 0 Å². The van der Waals surface area contributed by atoms with Gasteiger partial charge in [0.2, 0.25) is 5.91 Å². The van der Waals surface area contributed by atoms with E-state index in [-0.39, 0.29) is 24.7 Å². The van der Waals surface area contributed by atoms with Gasteiger partial charge in [0.1, 0.15) is 0 Å². The van der Waals surface area contributed by atoms with Crippen LogP contribution in [0.5, 0.6) is 0 Å². The third-order valence-electron chi connectivity index (χ3n) is 8.87. The van der Waals surface area contributed by atoms with E-state index in [9.17, 15) is 19.5 Å². The van der Waals surface area contributed by atoms with Crippen molar-refractivity contribution in [1.29, 1.82) is 0 Å². The average molecular weight is 527 g/mol. The summed E-state index contributed by atoms with van der Waals surface area (Å²) in [5.41, 5.74) is 4.11. The highest BCUT2D eigenvalue weighted by molar-refractivity contribution is 6.05. The minimum absolute atomic E-state index is 0.00743. The van der Waals surface area contributed by atoms with E-state index >= 15 is 0 Å². The van der Waals surface area contributed by atoms with Crippen LogP contribution in [0, 0.1) is 19.3 Å². The maximum atomic E-state index is 13.7. The molecule has 1 heterocycles. The SMILES string of the molecule is Cc1cc(C)c(NC(=O)C[C@H](CC(=O)O)c2cccc3ccccc23)c(C(=O)N2CCC3(CCCC3)CC2)c1. The van der Waals surface area contributed by atoms with E-state index < -0.39 is 11.9 Å². The topological polar surface area (TPSA) is 86.7 Å². The van der Waals surface area contributed by atoms with Gasteiger partial charge in [-0.2, -0.15) is 0 Å². The van der Waals surface area contributed by atoms with E-state index in [4.69, 9.17) is 0 Å². The molecule has 2 N–H and O–H groups in total. The fraction of sp³-hybridized carbons (Fsp3) is 0.424. The molecule has 2 aliphatic rings. The number of aryl methyl sites for hydroxylation is 2. The van der Waals surface area contributed by atoms with Gasteiger partial charge in [0.05, 0.1) is 17.7 Å². The van der Waals surface area contributed by atoms with Crippen molar-refractivity contribution in [2.45, 2.75) is 71.1 Å². The molecule has 2 fully saturated rings. The van der Waals surface area contributed by atoms with Crippen LogP contribution >= 0.6 is 0 Å². The summed E-state index contributed by atoms with van der Waals surface area (Å²) in [6.07, 6.45) is 7.08. The van der Waals surface area contributed by atoms with E-state index in [0.717, 1.165) is 53.4 Å². The largest absolute Gasteiger partial charge is 0.481 e. The summed E-state index contributed by atoms with van der Waals surface area (Å²) in [6, 6.07) is 17.4. The molecule has 1 spiro atoms. The quantitative estimate of drug-likeness (QED) is 0.353. The van der Waals surface area contributed by atoms with Crippen LogP contribution in [0.15, 0.2) is 54.6 Å². The maximum absolute atomic E-state index is 13.7. The van der Waals surface area contributed by atoms with Crippen LogP contribution in [-0.4, -0.2) is 40.9 Å². The normalized spacial score (nSPS) is 17.3. The number of hydrogen-bond donors (Lipinski definition) is 2. The summed E-state index contributed by atoms with van der Waals surface area (Å²) < 4.78 is 0. The minimum Gasteiger partial charge on any atom is -0.481 e. The highest BCUT2D eigenvalue weighted by Crippen LogP contribution is 2.46. The molecule has 5 rings (SSSR count).